The lowest BCUT2D eigenvalue weighted by Crippen LogP contribution is -2.25. The highest BCUT2D eigenvalue weighted by Gasteiger charge is 2.20. The Balaban J connectivity index is 4.61. The zero-order chi connectivity index (χ0) is 12.8. The smallest absolute Gasteiger partial charge is 0.335 e. The topological polar surface area (TPSA) is 52.6 Å². The summed E-state index contributed by atoms with van der Waals surface area (Å²) in [6.07, 6.45) is 1.15. The maximum absolute atomic E-state index is 11.6. The second kappa shape index (κ2) is 6.68. The Bertz CT molecular complexity index is 289. The SMILES string of the molecule is CCOC(=O)C=C(CBr)C(=O)OC(C)(C)C. The number of hydrogen-bond acceptors (Lipinski definition) is 4. The van der Waals surface area contributed by atoms with Crippen LogP contribution in [0.4, 0.5) is 0 Å². The molecule has 0 aliphatic carbocycles. The van der Waals surface area contributed by atoms with Gasteiger partial charge in [-0.05, 0) is 27.7 Å². The summed E-state index contributed by atoms with van der Waals surface area (Å²) < 4.78 is 9.84. The first-order chi connectivity index (χ1) is 7.30. The molecular formula is C11H17BrO4. The fourth-order valence-corrected chi connectivity index (χ4v) is 1.21. The minimum Gasteiger partial charge on any atom is -0.463 e. The highest BCUT2D eigenvalue weighted by Crippen LogP contribution is 2.12. The predicted octanol–water partition coefficient (Wildman–Crippen LogP) is 2.21. The van der Waals surface area contributed by atoms with Crippen molar-refractivity contribution in [2.24, 2.45) is 0 Å². The van der Waals surface area contributed by atoms with Crippen LogP contribution in [0.3, 0.4) is 0 Å². The minimum atomic E-state index is -0.576. The molecule has 0 N–H and O–H groups in total. The number of carbonyl (C=O) groups excluding carboxylic acids is 2. The molecule has 0 aromatic carbocycles. The van der Waals surface area contributed by atoms with Gasteiger partial charge in [0.25, 0.3) is 0 Å². The number of halogens is 1. The summed E-state index contributed by atoms with van der Waals surface area (Å²) in [5, 5.41) is 0.251. The molecule has 0 saturated carbocycles. The molecule has 0 rings (SSSR count). The number of carbonyl (C=O) groups is 2. The van der Waals surface area contributed by atoms with Gasteiger partial charge in [0.05, 0.1) is 12.2 Å². The number of alkyl halides is 1. The van der Waals surface area contributed by atoms with E-state index in [-0.39, 0.29) is 17.5 Å². The molecule has 0 atom stereocenters. The van der Waals surface area contributed by atoms with Crippen LogP contribution < -0.4 is 0 Å². The lowest BCUT2D eigenvalue weighted by molar-refractivity contribution is -0.150. The summed E-state index contributed by atoms with van der Waals surface area (Å²) in [5.74, 6) is -1.06. The van der Waals surface area contributed by atoms with Crippen LogP contribution in [-0.4, -0.2) is 29.5 Å². The molecule has 4 nitrogen and oxygen atoms in total. The average molecular weight is 293 g/mol. The minimum absolute atomic E-state index is 0.244. The van der Waals surface area contributed by atoms with Gasteiger partial charge >= 0.3 is 11.9 Å². The molecule has 0 aliphatic heterocycles. The summed E-state index contributed by atoms with van der Waals surface area (Å²) in [6.45, 7) is 7.27. The van der Waals surface area contributed by atoms with E-state index in [9.17, 15) is 9.59 Å². The fourth-order valence-electron chi connectivity index (χ4n) is 0.822. The van der Waals surface area contributed by atoms with E-state index in [1.807, 2.05) is 0 Å². The molecule has 0 amide bonds. The molecule has 0 unspecified atom stereocenters. The molecular weight excluding hydrogens is 276 g/mol. The van der Waals surface area contributed by atoms with Gasteiger partial charge in [-0.2, -0.15) is 0 Å². The summed E-state index contributed by atoms with van der Waals surface area (Å²) >= 11 is 3.13. The van der Waals surface area contributed by atoms with Crippen molar-refractivity contribution < 1.29 is 19.1 Å². The van der Waals surface area contributed by atoms with Gasteiger partial charge in [0.2, 0.25) is 0 Å². The fraction of sp³-hybridized carbons (Fsp3) is 0.636. The van der Waals surface area contributed by atoms with E-state index in [0.29, 0.717) is 0 Å². The van der Waals surface area contributed by atoms with Crippen LogP contribution in [0.2, 0.25) is 0 Å². The predicted molar refractivity (Wildman–Crippen MR) is 64.4 cm³/mol. The Labute approximate surface area is 104 Å². The summed E-state index contributed by atoms with van der Waals surface area (Å²) in [6, 6.07) is 0. The largest absolute Gasteiger partial charge is 0.463 e. The van der Waals surface area contributed by atoms with Crippen molar-refractivity contribution in [3.63, 3.8) is 0 Å². The van der Waals surface area contributed by atoms with Gasteiger partial charge in [0, 0.05) is 11.4 Å². The van der Waals surface area contributed by atoms with Crippen LogP contribution in [0.15, 0.2) is 11.6 Å². The van der Waals surface area contributed by atoms with Crippen molar-refractivity contribution in [3.05, 3.63) is 11.6 Å². The van der Waals surface area contributed by atoms with Gasteiger partial charge in [0.1, 0.15) is 5.60 Å². The molecule has 0 spiro atoms. The molecule has 0 fully saturated rings. The number of ether oxygens (including phenoxy) is 2. The first-order valence-corrected chi connectivity index (χ1v) is 6.09. The molecule has 0 heterocycles. The van der Waals surface area contributed by atoms with Crippen molar-refractivity contribution in [2.45, 2.75) is 33.3 Å². The third-order valence-electron chi connectivity index (χ3n) is 1.38. The standard InChI is InChI=1S/C11H17BrO4/c1-5-15-9(13)6-8(7-12)10(14)16-11(2,3)4/h6H,5,7H2,1-4H3. The molecule has 5 heteroatoms. The Morgan fingerprint density at radius 2 is 1.88 bits per heavy atom. The molecule has 0 radical (unpaired) electrons. The van der Waals surface area contributed by atoms with Crippen molar-refractivity contribution >= 4 is 27.9 Å². The van der Waals surface area contributed by atoms with Crippen LogP contribution in [-0.2, 0) is 19.1 Å². The maximum Gasteiger partial charge on any atom is 0.335 e. The van der Waals surface area contributed by atoms with Crippen molar-refractivity contribution in [1.29, 1.82) is 0 Å². The molecule has 0 aromatic heterocycles. The Kier molecular flexibility index (Phi) is 6.33. The van der Waals surface area contributed by atoms with Gasteiger partial charge in [-0.15, -0.1) is 0 Å². The second-order valence-electron chi connectivity index (χ2n) is 4.06. The third kappa shape index (κ3) is 6.61. The van der Waals surface area contributed by atoms with E-state index in [1.165, 1.54) is 0 Å². The molecule has 92 valence electrons. The van der Waals surface area contributed by atoms with Crippen LogP contribution in [0.25, 0.3) is 0 Å². The normalized spacial score (nSPS) is 12.2. The van der Waals surface area contributed by atoms with E-state index >= 15 is 0 Å². The van der Waals surface area contributed by atoms with E-state index in [2.05, 4.69) is 15.9 Å². The zero-order valence-electron chi connectivity index (χ0n) is 10.0. The van der Waals surface area contributed by atoms with Crippen LogP contribution in [0.1, 0.15) is 27.7 Å². The van der Waals surface area contributed by atoms with Crippen LogP contribution in [0, 0.1) is 0 Å². The number of rotatable bonds is 4. The quantitative estimate of drug-likeness (QED) is 0.453. The molecule has 0 saturated heterocycles. The van der Waals surface area contributed by atoms with Crippen LogP contribution in [0.5, 0.6) is 0 Å². The average Bonchev–Trinajstić information content (AvgIpc) is 2.11. The van der Waals surface area contributed by atoms with Crippen molar-refractivity contribution in [1.82, 2.24) is 0 Å². The highest BCUT2D eigenvalue weighted by molar-refractivity contribution is 9.09. The van der Waals surface area contributed by atoms with Gasteiger partial charge in [-0.1, -0.05) is 15.9 Å². The summed E-state index contributed by atoms with van der Waals surface area (Å²) in [7, 11) is 0. The van der Waals surface area contributed by atoms with Crippen molar-refractivity contribution in [2.75, 3.05) is 11.9 Å². The summed E-state index contributed by atoms with van der Waals surface area (Å²) in [4.78, 5) is 22.8. The first kappa shape index (κ1) is 15.2. The zero-order valence-corrected chi connectivity index (χ0v) is 11.6. The van der Waals surface area contributed by atoms with E-state index in [1.54, 1.807) is 27.7 Å². The van der Waals surface area contributed by atoms with E-state index in [4.69, 9.17) is 9.47 Å². The Hall–Kier alpha value is -0.840. The van der Waals surface area contributed by atoms with Crippen molar-refractivity contribution in [3.8, 4) is 0 Å². The monoisotopic (exact) mass is 292 g/mol. The van der Waals surface area contributed by atoms with Crippen LogP contribution >= 0.6 is 15.9 Å². The third-order valence-corrected chi connectivity index (χ3v) is 1.99. The maximum atomic E-state index is 11.6. The molecule has 16 heavy (non-hydrogen) atoms. The summed E-state index contributed by atoms with van der Waals surface area (Å²) in [5.41, 5.74) is -0.333. The number of hydrogen-bond donors (Lipinski definition) is 0. The van der Waals surface area contributed by atoms with Gasteiger partial charge < -0.3 is 9.47 Å². The molecule has 0 bridgehead atoms. The lowest BCUT2D eigenvalue weighted by Gasteiger charge is -2.19. The number of esters is 2. The van der Waals surface area contributed by atoms with Gasteiger partial charge in [0.15, 0.2) is 0 Å². The second-order valence-corrected chi connectivity index (χ2v) is 4.62. The highest BCUT2D eigenvalue weighted by atomic mass is 79.9. The molecule has 0 aliphatic rings. The Morgan fingerprint density at radius 3 is 2.25 bits per heavy atom. The van der Waals surface area contributed by atoms with Gasteiger partial charge in [-0.25, -0.2) is 9.59 Å². The van der Waals surface area contributed by atoms with E-state index in [0.717, 1.165) is 6.08 Å². The molecule has 0 aromatic rings. The van der Waals surface area contributed by atoms with Gasteiger partial charge in [-0.3, -0.25) is 0 Å². The Morgan fingerprint density at radius 1 is 1.31 bits per heavy atom. The lowest BCUT2D eigenvalue weighted by atomic mass is 10.2. The van der Waals surface area contributed by atoms with E-state index < -0.39 is 17.5 Å². The first-order valence-electron chi connectivity index (χ1n) is 4.96.